The van der Waals surface area contributed by atoms with E-state index in [1.165, 1.54) is 18.2 Å². The summed E-state index contributed by atoms with van der Waals surface area (Å²) >= 11 is 0. The summed E-state index contributed by atoms with van der Waals surface area (Å²) in [6, 6.07) is 6.06. The van der Waals surface area contributed by atoms with Crippen LogP contribution in [0, 0.1) is 6.92 Å². The second-order valence-electron chi connectivity index (χ2n) is 6.35. The van der Waals surface area contributed by atoms with Gasteiger partial charge in [0.05, 0.1) is 18.2 Å². The number of aromatic nitrogens is 3. The molecule has 9 heteroatoms. The Bertz CT molecular complexity index is 781. The Hall–Kier alpha value is -2.42. The molecule has 3 rings (SSSR count). The molecule has 2 aromatic rings. The van der Waals surface area contributed by atoms with Gasteiger partial charge in [-0.2, -0.15) is 13.2 Å². The topological polar surface area (TPSA) is 71.8 Å². The molecule has 0 spiro atoms. The van der Waals surface area contributed by atoms with E-state index >= 15 is 0 Å². The monoisotopic (exact) mass is 367 g/mol. The maximum Gasteiger partial charge on any atom is 0.393 e. The molecule has 140 valence electrons. The Labute approximate surface area is 148 Å². The van der Waals surface area contributed by atoms with Crippen LogP contribution in [-0.4, -0.2) is 40.2 Å². The Morgan fingerprint density at radius 3 is 2.69 bits per heavy atom. The first-order valence-electron chi connectivity index (χ1n) is 8.43. The van der Waals surface area contributed by atoms with Gasteiger partial charge >= 0.3 is 6.18 Å². The normalized spacial score (nSPS) is 15.8. The number of halogens is 3. The molecule has 1 saturated heterocycles. The van der Waals surface area contributed by atoms with Gasteiger partial charge in [0.15, 0.2) is 5.69 Å². The number of alkyl halides is 3. The number of anilines is 1. The van der Waals surface area contributed by atoms with Gasteiger partial charge in [0, 0.05) is 5.69 Å². The van der Waals surface area contributed by atoms with Crippen LogP contribution < -0.4 is 10.6 Å². The minimum atomic E-state index is -4.35. The summed E-state index contributed by atoms with van der Waals surface area (Å²) in [5, 5.41) is 13.8. The summed E-state index contributed by atoms with van der Waals surface area (Å²) in [6.07, 6.45) is -3.68. The molecule has 0 unspecified atom stereocenters. The predicted molar refractivity (Wildman–Crippen MR) is 90.1 cm³/mol. The standard InChI is InChI=1S/C17H20F3N5O/c1-11-15(23-24-25(11)13-6-8-21-9-7-13)16(26)22-14-5-3-2-4-12(14)10-17(18,19)20/h2-5,13,21H,6-10H2,1H3,(H,22,26). The van der Waals surface area contributed by atoms with E-state index in [2.05, 4.69) is 20.9 Å². The average molecular weight is 367 g/mol. The van der Waals surface area contributed by atoms with E-state index in [0.717, 1.165) is 25.9 Å². The lowest BCUT2D eigenvalue weighted by atomic mass is 10.1. The van der Waals surface area contributed by atoms with Gasteiger partial charge in [-0.05, 0) is 44.5 Å². The van der Waals surface area contributed by atoms with Crippen molar-refractivity contribution in [3.8, 4) is 0 Å². The zero-order valence-corrected chi connectivity index (χ0v) is 14.3. The van der Waals surface area contributed by atoms with Crippen molar-refractivity contribution < 1.29 is 18.0 Å². The molecular weight excluding hydrogens is 347 g/mol. The van der Waals surface area contributed by atoms with Crippen molar-refractivity contribution in [2.24, 2.45) is 0 Å². The molecule has 6 nitrogen and oxygen atoms in total. The maximum atomic E-state index is 12.7. The fourth-order valence-electron chi connectivity index (χ4n) is 3.14. The van der Waals surface area contributed by atoms with Crippen LogP contribution in [-0.2, 0) is 6.42 Å². The smallest absolute Gasteiger partial charge is 0.320 e. The molecule has 1 aliphatic rings. The van der Waals surface area contributed by atoms with E-state index in [-0.39, 0.29) is 23.0 Å². The highest BCUT2D eigenvalue weighted by atomic mass is 19.4. The van der Waals surface area contributed by atoms with E-state index in [1.54, 1.807) is 17.7 Å². The zero-order chi connectivity index (χ0) is 18.7. The molecule has 26 heavy (non-hydrogen) atoms. The van der Waals surface area contributed by atoms with Crippen LogP contribution in [0.15, 0.2) is 24.3 Å². The van der Waals surface area contributed by atoms with E-state index in [0.29, 0.717) is 5.69 Å². The quantitative estimate of drug-likeness (QED) is 0.872. The molecule has 1 fully saturated rings. The highest BCUT2D eigenvalue weighted by Crippen LogP contribution is 2.27. The Kier molecular flexibility index (Phi) is 5.26. The second kappa shape index (κ2) is 7.45. The van der Waals surface area contributed by atoms with Crippen LogP contribution in [0.1, 0.15) is 40.6 Å². The number of amides is 1. The van der Waals surface area contributed by atoms with Crippen LogP contribution in [0.5, 0.6) is 0 Å². The lowest BCUT2D eigenvalue weighted by Crippen LogP contribution is -2.30. The summed E-state index contributed by atoms with van der Waals surface area (Å²) in [4.78, 5) is 12.5. The van der Waals surface area contributed by atoms with Gasteiger partial charge in [-0.25, -0.2) is 4.68 Å². The summed E-state index contributed by atoms with van der Waals surface area (Å²) < 4.78 is 39.9. The number of rotatable bonds is 4. The van der Waals surface area contributed by atoms with Gasteiger partial charge in [0.1, 0.15) is 0 Å². The summed E-state index contributed by atoms with van der Waals surface area (Å²) in [7, 11) is 0. The molecule has 2 N–H and O–H groups in total. The largest absolute Gasteiger partial charge is 0.393 e. The first-order valence-corrected chi connectivity index (χ1v) is 8.43. The average Bonchev–Trinajstić information content (AvgIpc) is 2.98. The van der Waals surface area contributed by atoms with Gasteiger partial charge in [0.2, 0.25) is 0 Å². The highest BCUT2D eigenvalue weighted by molar-refractivity contribution is 6.03. The van der Waals surface area contributed by atoms with Gasteiger partial charge in [0.25, 0.3) is 5.91 Å². The lowest BCUT2D eigenvalue weighted by molar-refractivity contribution is -0.127. The number of nitrogens with one attached hydrogen (secondary N) is 2. The Morgan fingerprint density at radius 2 is 2.00 bits per heavy atom. The first-order chi connectivity index (χ1) is 12.3. The van der Waals surface area contributed by atoms with Crippen LogP contribution in [0.25, 0.3) is 0 Å². The predicted octanol–water partition coefficient (Wildman–Crippen LogP) is 2.87. The fraction of sp³-hybridized carbons (Fsp3) is 0.471. The van der Waals surface area contributed by atoms with Crippen molar-refractivity contribution in [2.45, 2.75) is 38.4 Å². The van der Waals surface area contributed by atoms with Crippen LogP contribution in [0.3, 0.4) is 0 Å². The van der Waals surface area contributed by atoms with Crippen LogP contribution >= 0.6 is 0 Å². The molecule has 1 aromatic carbocycles. The van der Waals surface area contributed by atoms with Crippen molar-refractivity contribution in [2.75, 3.05) is 18.4 Å². The molecule has 0 atom stereocenters. The van der Waals surface area contributed by atoms with E-state index in [1.807, 2.05) is 0 Å². The third kappa shape index (κ3) is 4.21. The van der Waals surface area contributed by atoms with Gasteiger partial charge < -0.3 is 10.6 Å². The van der Waals surface area contributed by atoms with Crippen molar-refractivity contribution in [1.29, 1.82) is 0 Å². The van der Waals surface area contributed by atoms with Gasteiger partial charge in [-0.3, -0.25) is 4.79 Å². The molecular formula is C17H20F3N5O. The number of piperidine rings is 1. The van der Waals surface area contributed by atoms with Crippen molar-refractivity contribution in [3.05, 3.63) is 41.2 Å². The zero-order valence-electron chi connectivity index (χ0n) is 14.3. The number of para-hydroxylation sites is 1. The minimum absolute atomic E-state index is 0.0109. The molecule has 0 saturated carbocycles. The number of hydrogen-bond donors (Lipinski definition) is 2. The Balaban J connectivity index is 1.78. The molecule has 0 bridgehead atoms. The van der Waals surface area contributed by atoms with Gasteiger partial charge in [-0.15, -0.1) is 5.10 Å². The minimum Gasteiger partial charge on any atom is -0.320 e. The highest BCUT2D eigenvalue weighted by Gasteiger charge is 2.29. The molecule has 0 aliphatic carbocycles. The van der Waals surface area contributed by atoms with Gasteiger partial charge in [-0.1, -0.05) is 23.4 Å². The van der Waals surface area contributed by atoms with E-state index < -0.39 is 18.5 Å². The number of carbonyl (C=O) groups excluding carboxylic acids is 1. The molecule has 0 radical (unpaired) electrons. The Morgan fingerprint density at radius 1 is 1.31 bits per heavy atom. The number of benzene rings is 1. The van der Waals surface area contributed by atoms with E-state index in [9.17, 15) is 18.0 Å². The number of hydrogen-bond acceptors (Lipinski definition) is 4. The third-order valence-electron chi connectivity index (χ3n) is 4.45. The molecule has 2 heterocycles. The molecule has 1 aromatic heterocycles. The van der Waals surface area contributed by atoms with Crippen LogP contribution in [0.2, 0.25) is 0 Å². The van der Waals surface area contributed by atoms with Crippen LogP contribution in [0.4, 0.5) is 18.9 Å². The summed E-state index contributed by atoms with van der Waals surface area (Å²) in [5.74, 6) is -0.558. The molecule has 1 amide bonds. The number of carbonyl (C=O) groups is 1. The van der Waals surface area contributed by atoms with Crippen molar-refractivity contribution in [1.82, 2.24) is 20.3 Å². The number of nitrogens with zero attached hydrogens (tertiary/aromatic N) is 3. The maximum absolute atomic E-state index is 12.7. The first kappa shape index (κ1) is 18.4. The lowest BCUT2D eigenvalue weighted by Gasteiger charge is -2.23. The third-order valence-corrected chi connectivity index (χ3v) is 4.45. The second-order valence-corrected chi connectivity index (χ2v) is 6.35. The fourth-order valence-corrected chi connectivity index (χ4v) is 3.14. The summed E-state index contributed by atoms with van der Waals surface area (Å²) in [6.45, 7) is 3.49. The van der Waals surface area contributed by atoms with Crippen molar-refractivity contribution in [3.63, 3.8) is 0 Å². The van der Waals surface area contributed by atoms with E-state index in [4.69, 9.17) is 0 Å². The summed E-state index contributed by atoms with van der Waals surface area (Å²) in [5.41, 5.74) is 0.885. The van der Waals surface area contributed by atoms with Crippen molar-refractivity contribution >= 4 is 11.6 Å². The SMILES string of the molecule is Cc1c(C(=O)Nc2ccccc2CC(F)(F)F)nnn1C1CCNCC1. The molecule has 1 aliphatic heterocycles.